The standard InChI is InChI=1S/C25H41NO2/c1-7-22-21(17-23(26)25(24(22)27)28-8-2)16-15-20(6)14-10-13-19(5)12-9-11-18(3)4/h11,13,15,21-22H,7-10,12,14,16-17,26H2,1-6H3/b19-13+,20-15+/t21-,22+/m1/s1. The van der Waals surface area contributed by atoms with E-state index in [0.717, 1.165) is 44.9 Å². The molecule has 0 bridgehead atoms. The Morgan fingerprint density at radius 2 is 1.64 bits per heavy atom. The molecule has 0 spiro atoms. The molecule has 2 atom stereocenters. The fourth-order valence-electron chi connectivity index (χ4n) is 3.82. The van der Waals surface area contributed by atoms with Gasteiger partial charge in [-0.15, -0.1) is 0 Å². The molecule has 1 aliphatic carbocycles. The Balaban J connectivity index is 2.57. The van der Waals surface area contributed by atoms with Crippen molar-refractivity contribution in [3.63, 3.8) is 0 Å². The average molecular weight is 388 g/mol. The number of nitrogens with two attached hydrogens (primary N) is 1. The highest BCUT2D eigenvalue weighted by atomic mass is 16.5. The summed E-state index contributed by atoms with van der Waals surface area (Å²) in [5.74, 6) is 0.826. The molecule has 0 saturated carbocycles. The van der Waals surface area contributed by atoms with Gasteiger partial charge in [-0.2, -0.15) is 0 Å². The first kappa shape index (κ1) is 24.3. The summed E-state index contributed by atoms with van der Waals surface area (Å²) >= 11 is 0. The van der Waals surface area contributed by atoms with Gasteiger partial charge in [0.25, 0.3) is 0 Å². The van der Waals surface area contributed by atoms with Crippen LogP contribution in [0.25, 0.3) is 0 Å². The van der Waals surface area contributed by atoms with Crippen LogP contribution in [0.5, 0.6) is 0 Å². The molecule has 3 heteroatoms. The van der Waals surface area contributed by atoms with E-state index in [1.807, 2.05) is 6.92 Å². The second kappa shape index (κ2) is 12.6. The highest BCUT2D eigenvalue weighted by Gasteiger charge is 2.35. The first-order valence-corrected chi connectivity index (χ1v) is 10.9. The second-order valence-corrected chi connectivity index (χ2v) is 8.33. The van der Waals surface area contributed by atoms with Crippen molar-refractivity contribution in [1.29, 1.82) is 0 Å². The molecule has 1 aliphatic rings. The number of ether oxygens (including phenoxy) is 1. The molecule has 3 nitrogen and oxygen atoms in total. The smallest absolute Gasteiger partial charge is 0.202 e. The number of ketones is 1. The SMILES string of the molecule is CCOC1=C(N)C[C@@H](C/C=C(\C)CC/C=C(\C)CCC=C(C)C)[C@H](CC)C1=O. The van der Waals surface area contributed by atoms with Gasteiger partial charge < -0.3 is 10.5 Å². The monoisotopic (exact) mass is 387 g/mol. The number of hydrogen-bond acceptors (Lipinski definition) is 3. The number of carbonyl (C=O) groups is 1. The van der Waals surface area contributed by atoms with Gasteiger partial charge in [0.05, 0.1) is 12.3 Å². The van der Waals surface area contributed by atoms with E-state index in [9.17, 15) is 4.79 Å². The third kappa shape index (κ3) is 8.08. The van der Waals surface area contributed by atoms with Gasteiger partial charge in [-0.05, 0) is 85.5 Å². The normalized spacial score (nSPS) is 21.1. The predicted octanol–water partition coefficient (Wildman–Crippen LogP) is 6.62. The fraction of sp³-hybridized carbons (Fsp3) is 0.640. The molecule has 0 aromatic carbocycles. The highest BCUT2D eigenvalue weighted by molar-refractivity contribution is 5.97. The van der Waals surface area contributed by atoms with Gasteiger partial charge in [-0.3, -0.25) is 4.79 Å². The van der Waals surface area contributed by atoms with E-state index in [4.69, 9.17) is 10.5 Å². The predicted molar refractivity (Wildman–Crippen MR) is 120 cm³/mol. The van der Waals surface area contributed by atoms with E-state index in [1.165, 1.54) is 16.7 Å². The quantitative estimate of drug-likeness (QED) is 0.405. The summed E-state index contributed by atoms with van der Waals surface area (Å²) in [6.45, 7) is 13.2. The Morgan fingerprint density at radius 1 is 1.04 bits per heavy atom. The van der Waals surface area contributed by atoms with Crippen LogP contribution in [-0.4, -0.2) is 12.4 Å². The van der Waals surface area contributed by atoms with E-state index in [2.05, 4.69) is 52.8 Å². The van der Waals surface area contributed by atoms with Crippen LogP contribution in [0.2, 0.25) is 0 Å². The van der Waals surface area contributed by atoms with Crippen LogP contribution in [0.1, 0.15) is 86.5 Å². The molecule has 1 rings (SSSR count). The lowest BCUT2D eigenvalue weighted by atomic mass is 9.76. The van der Waals surface area contributed by atoms with Crippen LogP contribution >= 0.6 is 0 Å². The minimum absolute atomic E-state index is 0.0233. The molecule has 0 heterocycles. The minimum Gasteiger partial charge on any atom is -0.488 e. The molecule has 0 unspecified atom stereocenters. The lowest BCUT2D eigenvalue weighted by Gasteiger charge is -2.30. The van der Waals surface area contributed by atoms with E-state index in [-0.39, 0.29) is 17.6 Å². The summed E-state index contributed by atoms with van der Waals surface area (Å²) < 4.78 is 5.51. The molecule has 0 amide bonds. The fourth-order valence-corrected chi connectivity index (χ4v) is 3.82. The molecule has 0 radical (unpaired) electrons. The van der Waals surface area contributed by atoms with Crippen molar-refractivity contribution in [2.24, 2.45) is 17.6 Å². The first-order chi connectivity index (χ1) is 13.3. The van der Waals surface area contributed by atoms with Gasteiger partial charge in [0, 0.05) is 5.92 Å². The third-order valence-electron chi connectivity index (χ3n) is 5.52. The van der Waals surface area contributed by atoms with Crippen LogP contribution in [-0.2, 0) is 9.53 Å². The topological polar surface area (TPSA) is 52.3 Å². The van der Waals surface area contributed by atoms with Gasteiger partial charge in [0.15, 0.2) is 5.76 Å². The van der Waals surface area contributed by atoms with E-state index in [0.29, 0.717) is 18.1 Å². The van der Waals surface area contributed by atoms with Crippen molar-refractivity contribution < 1.29 is 9.53 Å². The molecule has 2 N–H and O–H groups in total. The highest BCUT2D eigenvalue weighted by Crippen LogP contribution is 2.35. The maximum Gasteiger partial charge on any atom is 0.202 e. The average Bonchev–Trinajstić information content (AvgIpc) is 2.63. The Morgan fingerprint density at radius 3 is 2.21 bits per heavy atom. The number of hydrogen-bond donors (Lipinski definition) is 1. The summed E-state index contributed by atoms with van der Waals surface area (Å²) in [5.41, 5.74) is 11.0. The molecule has 0 aliphatic heterocycles. The van der Waals surface area contributed by atoms with Crippen molar-refractivity contribution in [2.45, 2.75) is 86.5 Å². The van der Waals surface area contributed by atoms with E-state index in [1.54, 1.807) is 0 Å². The third-order valence-corrected chi connectivity index (χ3v) is 5.52. The van der Waals surface area contributed by atoms with Crippen molar-refractivity contribution in [3.8, 4) is 0 Å². The zero-order chi connectivity index (χ0) is 21.1. The number of Topliss-reactive ketones (excluding diaryl/α,β-unsaturated/α-hetero) is 1. The molecule has 28 heavy (non-hydrogen) atoms. The lowest BCUT2D eigenvalue weighted by Crippen LogP contribution is -2.33. The zero-order valence-corrected chi connectivity index (χ0v) is 18.9. The van der Waals surface area contributed by atoms with E-state index < -0.39 is 0 Å². The summed E-state index contributed by atoms with van der Waals surface area (Å²) in [7, 11) is 0. The molecular weight excluding hydrogens is 346 g/mol. The Labute approximate surface area is 172 Å². The van der Waals surface area contributed by atoms with E-state index >= 15 is 0 Å². The molecular formula is C25H41NO2. The number of allylic oxidation sites excluding steroid dienone is 8. The lowest BCUT2D eigenvalue weighted by molar-refractivity contribution is -0.125. The Kier molecular flexibility index (Phi) is 11.0. The number of carbonyl (C=O) groups excluding carboxylic acids is 1. The Bertz CT molecular complexity index is 633. The van der Waals surface area contributed by atoms with Crippen LogP contribution in [0, 0.1) is 11.8 Å². The zero-order valence-electron chi connectivity index (χ0n) is 18.9. The van der Waals surface area contributed by atoms with Gasteiger partial charge >= 0.3 is 0 Å². The van der Waals surface area contributed by atoms with Crippen molar-refractivity contribution >= 4 is 5.78 Å². The first-order valence-electron chi connectivity index (χ1n) is 10.9. The summed E-state index contributed by atoms with van der Waals surface area (Å²) in [5, 5.41) is 0. The largest absolute Gasteiger partial charge is 0.488 e. The molecule has 0 fully saturated rings. The van der Waals surface area contributed by atoms with Crippen LogP contribution in [0.4, 0.5) is 0 Å². The maximum atomic E-state index is 12.7. The summed E-state index contributed by atoms with van der Waals surface area (Å²) in [6.07, 6.45) is 13.9. The van der Waals surface area contributed by atoms with Crippen molar-refractivity contribution in [1.82, 2.24) is 0 Å². The van der Waals surface area contributed by atoms with Crippen molar-refractivity contribution in [3.05, 3.63) is 46.4 Å². The second-order valence-electron chi connectivity index (χ2n) is 8.33. The van der Waals surface area contributed by atoms with Crippen LogP contribution < -0.4 is 5.73 Å². The molecule has 0 aromatic rings. The van der Waals surface area contributed by atoms with Gasteiger partial charge in [0.2, 0.25) is 5.78 Å². The van der Waals surface area contributed by atoms with Gasteiger partial charge in [-0.25, -0.2) is 0 Å². The van der Waals surface area contributed by atoms with Crippen LogP contribution in [0.15, 0.2) is 46.4 Å². The Hall–Kier alpha value is -1.77. The number of rotatable bonds is 11. The van der Waals surface area contributed by atoms with Crippen molar-refractivity contribution in [2.75, 3.05) is 6.61 Å². The molecule has 0 saturated heterocycles. The van der Waals surface area contributed by atoms with Gasteiger partial charge in [0.1, 0.15) is 0 Å². The summed E-state index contributed by atoms with van der Waals surface area (Å²) in [4.78, 5) is 12.7. The minimum atomic E-state index is 0.0233. The maximum absolute atomic E-state index is 12.7. The van der Waals surface area contributed by atoms with Gasteiger partial charge in [-0.1, -0.05) is 41.9 Å². The molecule has 0 aromatic heterocycles. The summed E-state index contributed by atoms with van der Waals surface area (Å²) in [6, 6.07) is 0. The molecule has 158 valence electrons. The van der Waals surface area contributed by atoms with Crippen LogP contribution in [0.3, 0.4) is 0 Å².